The summed E-state index contributed by atoms with van der Waals surface area (Å²) in [5.74, 6) is 0.619. The van der Waals surface area contributed by atoms with Crippen LogP contribution in [0.25, 0.3) is 5.65 Å². The van der Waals surface area contributed by atoms with E-state index in [4.69, 9.17) is 10.00 Å². The second kappa shape index (κ2) is 7.16. The van der Waals surface area contributed by atoms with E-state index >= 15 is 0 Å². The number of hydrogen-bond acceptors (Lipinski definition) is 5. The molecule has 0 aliphatic heterocycles. The molecule has 0 spiro atoms. The Kier molecular flexibility index (Phi) is 4.97. The molecule has 0 saturated heterocycles. The zero-order valence-corrected chi connectivity index (χ0v) is 14.2. The first kappa shape index (κ1) is 16.7. The van der Waals surface area contributed by atoms with Crippen molar-refractivity contribution in [3.63, 3.8) is 0 Å². The van der Waals surface area contributed by atoms with Crippen LogP contribution in [-0.4, -0.2) is 46.3 Å². The minimum atomic E-state index is -0.205. The summed E-state index contributed by atoms with van der Waals surface area (Å²) in [7, 11) is 3.78. The van der Waals surface area contributed by atoms with Gasteiger partial charge in [0.2, 0.25) is 0 Å². The standard InChI is InChI=1S/C17H23N5O2/c1-21(11-15(24-2)12-5-3-4-6-12)10-14-7-16(23)22-17(20-14)13(8-18)9-19-22/h7,9,12,15,19H,3-6,10-11H2,1-2H3. The van der Waals surface area contributed by atoms with E-state index in [2.05, 4.69) is 15.0 Å². The van der Waals surface area contributed by atoms with Crippen LogP contribution in [0.1, 0.15) is 36.9 Å². The maximum Gasteiger partial charge on any atom is 0.272 e. The number of nitrogens with one attached hydrogen (secondary N) is 1. The number of fused-ring (bicyclic) bond motifs is 1. The molecule has 0 amide bonds. The molecule has 2 heterocycles. The van der Waals surface area contributed by atoms with Crippen molar-refractivity contribution in [2.75, 3.05) is 20.7 Å². The zero-order valence-electron chi connectivity index (χ0n) is 14.2. The van der Waals surface area contributed by atoms with E-state index in [1.165, 1.54) is 42.5 Å². The SMILES string of the molecule is COC(CN(C)Cc1cc(=O)n2[nH]cc(C#N)c2n1)C1CCCC1. The van der Waals surface area contributed by atoms with Crippen LogP contribution in [0.5, 0.6) is 0 Å². The van der Waals surface area contributed by atoms with Crippen molar-refractivity contribution in [1.82, 2.24) is 19.5 Å². The molecule has 0 bridgehead atoms. The number of rotatable bonds is 6. The van der Waals surface area contributed by atoms with Crippen LogP contribution in [0.4, 0.5) is 0 Å². The number of hydrogen-bond donors (Lipinski definition) is 1. The number of ether oxygens (including phenoxy) is 1. The predicted molar refractivity (Wildman–Crippen MR) is 89.6 cm³/mol. The summed E-state index contributed by atoms with van der Waals surface area (Å²) >= 11 is 0. The zero-order chi connectivity index (χ0) is 17.1. The topological polar surface area (TPSA) is 86.4 Å². The molecule has 1 aliphatic rings. The van der Waals surface area contributed by atoms with Gasteiger partial charge in [-0.15, -0.1) is 0 Å². The quantitative estimate of drug-likeness (QED) is 0.868. The highest BCUT2D eigenvalue weighted by molar-refractivity contribution is 5.53. The normalized spacial score (nSPS) is 16.8. The summed E-state index contributed by atoms with van der Waals surface area (Å²) < 4.78 is 6.97. The van der Waals surface area contributed by atoms with Crippen LogP contribution < -0.4 is 5.56 Å². The van der Waals surface area contributed by atoms with Crippen molar-refractivity contribution < 1.29 is 4.74 Å². The number of likely N-dealkylation sites (N-methyl/N-ethyl adjacent to an activating group) is 1. The number of aromatic amines is 1. The van der Waals surface area contributed by atoms with E-state index in [1.807, 2.05) is 13.1 Å². The van der Waals surface area contributed by atoms with Gasteiger partial charge in [-0.2, -0.15) is 5.26 Å². The minimum absolute atomic E-state index is 0.205. The second-order valence-electron chi connectivity index (χ2n) is 6.56. The lowest BCUT2D eigenvalue weighted by molar-refractivity contribution is 0.0276. The molecule has 3 rings (SSSR count). The van der Waals surface area contributed by atoms with Crippen molar-refractivity contribution in [2.45, 2.75) is 38.3 Å². The lowest BCUT2D eigenvalue weighted by Gasteiger charge is -2.27. The van der Waals surface area contributed by atoms with Crippen molar-refractivity contribution in [1.29, 1.82) is 5.26 Å². The third-order valence-electron chi connectivity index (χ3n) is 4.82. The van der Waals surface area contributed by atoms with Crippen molar-refractivity contribution in [2.24, 2.45) is 5.92 Å². The highest BCUT2D eigenvalue weighted by atomic mass is 16.5. The molecule has 7 nitrogen and oxygen atoms in total. The molecule has 24 heavy (non-hydrogen) atoms. The molecule has 0 radical (unpaired) electrons. The lowest BCUT2D eigenvalue weighted by atomic mass is 10.0. The maximum atomic E-state index is 12.1. The average molecular weight is 329 g/mol. The van der Waals surface area contributed by atoms with Gasteiger partial charge in [-0.25, -0.2) is 9.50 Å². The molecule has 2 aromatic rings. The smallest absolute Gasteiger partial charge is 0.272 e. The van der Waals surface area contributed by atoms with E-state index in [-0.39, 0.29) is 11.7 Å². The fraction of sp³-hybridized carbons (Fsp3) is 0.588. The fourth-order valence-corrected chi connectivity index (χ4v) is 3.59. The van der Waals surface area contributed by atoms with Gasteiger partial charge in [0.15, 0.2) is 5.65 Å². The molecule has 7 heteroatoms. The van der Waals surface area contributed by atoms with Crippen LogP contribution in [0.2, 0.25) is 0 Å². The number of methoxy groups -OCH3 is 1. The van der Waals surface area contributed by atoms with E-state index in [1.54, 1.807) is 7.11 Å². The Morgan fingerprint density at radius 3 is 2.96 bits per heavy atom. The summed E-state index contributed by atoms with van der Waals surface area (Å²) in [6.07, 6.45) is 6.74. The largest absolute Gasteiger partial charge is 0.380 e. The van der Waals surface area contributed by atoms with Crippen molar-refractivity contribution >= 4 is 5.65 Å². The van der Waals surface area contributed by atoms with Crippen LogP contribution in [0, 0.1) is 17.2 Å². The van der Waals surface area contributed by atoms with Crippen LogP contribution in [-0.2, 0) is 11.3 Å². The minimum Gasteiger partial charge on any atom is -0.380 e. The van der Waals surface area contributed by atoms with Gasteiger partial charge in [0.1, 0.15) is 11.6 Å². The number of nitrogens with zero attached hydrogens (tertiary/aromatic N) is 4. The molecule has 1 fully saturated rings. The first-order valence-corrected chi connectivity index (χ1v) is 8.34. The second-order valence-corrected chi connectivity index (χ2v) is 6.56. The molecule has 1 N–H and O–H groups in total. The predicted octanol–water partition coefficient (Wildman–Crippen LogP) is 1.53. The van der Waals surface area contributed by atoms with Gasteiger partial charge in [0.25, 0.3) is 5.56 Å². The Balaban J connectivity index is 1.74. The molecule has 1 saturated carbocycles. The monoisotopic (exact) mass is 329 g/mol. The summed E-state index contributed by atoms with van der Waals surface area (Å²) in [6, 6.07) is 3.56. The lowest BCUT2D eigenvalue weighted by Crippen LogP contribution is -2.35. The molecule has 1 unspecified atom stereocenters. The van der Waals surface area contributed by atoms with Gasteiger partial charge in [-0.1, -0.05) is 12.8 Å². The van der Waals surface area contributed by atoms with Gasteiger partial charge >= 0.3 is 0 Å². The summed E-state index contributed by atoms with van der Waals surface area (Å²) in [5, 5.41) is 11.9. The Bertz CT molecular complexity index is 797. The Morgan fingerprint density at radius 1 is 1.54 bits per heavy atom. The molecule has 1 atom stereocenters. The number of H-pyrrole nitrogens is 1. The summed E-state index contributed by atoms with van der Waals surface area (Å²) in [6.45, 7) is 1.36. The Morgan fingerprint density at radius 2 is 2.29 bits per heavy atom. The van der Waals surface area contributed by atoms with E-state index in [0.29, 0.717) is 29.4 Å². The molecular weight excluding hydrogens is 306 g/mol. The average Bonchev–Trinajstić information content (AvgIpc) is 3.22. The highest BCUT2D eigenvalue weighted by Gasteiger charge is 2.26. The third kappa shape index (κ3) is 3.35. The molecule has 128 valence electrons. The molecular formula is C17H23N5O2. The first-order chi connectivity index (χ1) is 11.6. The Hall–Kier alpha value is -2.17. The third-order valence-corrected chi connectivity index (χ3v) is 4.82. The highest BCUT2D eigenvalue weighted by Crippen LogP contribution is 2.29. The summed E-state index contributed by atoms with van der Waals surface area (Å²) in [5.41, 5.74) is 1.22. The first-order valence-electron chi connectivity index (χ1n) is 8.34. The van der Waals surface area contributed by atoms with Gasteiger partial charge in [0.05, 0.1) is 11.8 Å². The molecule has 0 aromatic carbocycles. The van der Waals surface area contributed by atoms with Crippen LogP contribution in [0.15, 0.2) is 17.1 Å². The van der Waals surface area contributed by atoms with Crippen molar-refractivity contribution in [3.05, 3.63) is 33.9 Å². The van der Waals surface area contributed by atoms with Gasteiger partial charge < -0.3 is 4.74 Å². The molecule has 2 aromatic heterocycles. The van der Waals surface area contributed by atoms with Gasteiger partial charge in [0, 0.05) is 32.5 Å². The maximum absolute atomic E-state index is 12.1. The number of nitriles is 1. The van der Waals surface area contributed by atoms with E-state index in [0.717, 1.165) is 6.54 Å². The molecule has 1 aliphatic carbocycles. The van der Waals surface area contributed by atoms with E-state index < -0.39 is 0 Å². The van der Waals surface area contributed by atoms with Crippen molar-refractivity contribution in [3.8, 4) is 6.07 Å². The van der Waals surface area contributed by atoms with Crippen LogP contribution in [0.3, 0.4) is 0 Å². The Labute approximate surface area is 140 Å². The summed E-state index contributed by atoms with van der Waals surface area (Å²) in [4.78, 5) is 18.7. The van der Waals surface area contributed by atoms with Gasteiger partial charge in [-0.3, -0.25) is 14.8 Å². The number of aromatic nitrogens is 3. The van der Waals surface area contributed by atoms with Gasteiger partial charge in [-0.05, 0) is 25.8 Å². The van der Waals surface area contributed by atoms with E-state index in [9.17, 15) is 4.79 Å². The van der Waals surface area contributed by atoms with Crippen LogP contribution >= 0.6 is 0 Å². The fourth-order valence-electron chi connectivity index (χ4n) is 3.59.